The van der Waals surface area contributed by atoms with E-state index in [-0.39, 0.29) is 5.91 Å². The van der Waals surface area contributed by atoms with Gasteiger partial charge in [0.1, 0.15) is 0 Å². The van der Waals surface area contributed by atoms with Crippen LogP contribution in [0.1, 0.15) is 32.6 Å². The first-order valence-corrected chi connectivity index (χ1v) is 6.37. The Morgan fingerprint density at radius 2 is 2.31 bits per heavy atom. The molecule has 0 spiro atoms. The van der Waals surface area contributed by atoms with Crippen molar-refractivity contribution in [1.82, 2.24) is 9.80 Å². The minimum Gasteiger partial charge on any atom is -0.345 e. The molecule has 94 valence electrons. The molecule has 16 heavy (non-hydrogen) atoms. The number of rotatable bonds is 6. The van der Waals surface area contributed by atoms with E-state index in [1.54, 1.807) is 4.90 Å². The molecule has 0 aromatic rings. The summed E-state index contributed by atoms with van der Waals surface area (Å²) < 4.78 is 0. The van der Waals surface area contributed by atoms with Gasteiger partial charge in [-0.25, -0.2) is 0 Å². The average Bonchev–Trinajstić information content (AvgIpc) is 2.72. The van der Waals surface area contributed by atoms with Gasteiger partial charge >= 0.3 is 0 Å². The summed E-state index contributed by atoms with van der Waals surface area (Å²) in [6, 6.07) is 0.617. The molecule has 0 aromatic carbocycles. The van der Waals surface area contributed by atoms with E-state index in [1.165, 1.54) is 12.8 Å². The van der Waals surface area contributed by atoms with E-state index in [1.807, 2.05) is 7.05 Å². The molecule has 1 amide bonds. The van der Waals surface area contributed by atoms with E-state index in [4.69, 9.17) is 5.73 Å². The lowest BCUT2D eigenvalue weighted by Gasteiger charge is -2.25. The first kappa shape index (κ1) is 13.5. The van der Waals surface area contributed by atoms with Crippen molar-refractivity contribution in [1.29, 1.82) is 0 Å². The summed E-state index contributed by atoms with van der Waals surface area (Å²) in [5, 5.41) is 0. The van der Waals surface area contributed by atoms with E-state index < -0.39 is 0 Å². The Morgan fingerprint density at radius 3 is 2.94 bits per heavy atom. The van der Waals surface area contributed by atoms with Gasteiger partial charge in [-0.1, -0.05) is 6.92 Å². The molecule has 4 nitrogen and oxygen atoms in total. The summed E-state index contributed by atoms with van der Waals surface area (Å²) in [4.78, 5) is 16.0. The SMILES string of the molecule is CCC1CCCN1CC(=O)N(C)CCCN. The average molecular weight is 227 g/mol. The highest BCUT2D eigenvalue weighted by Gasteiger charge is 2.25. The van der Waals surface area contributed by atoms with Gasteiger partial charge in [-0.3, -0.25) is 9.69 Å². The smallest absolute Gasteiger partial charge is 0.236 e. The van der Waals surface area contributed by atoms with Crippen LogP contribution in [0.25, 0.3) is 0 Å². The van der Waals surface area contributed by atoms with Crippen molar-refractivity contribution in [3.05, 3.63) is 0 Å². The molecule has 1 aliphatic heterocycles. The largest absolute Gasteiger partial charge is 0.345 e. The van der Waals surface area contributed by atoms with Crippen molar-refractivity contribution >= 4 is 5.91 Å². The van der Waals surface area contributed by atoms with Gasteiger partial charge < -0.3 is 10.6 Å². The van der Waals surface area contributed by atoms with Crippen LogP contribution in [0.2, 0.25) is 0 Å². The lowest BCUT2D eigenvalue weighted by molar-refractivity contribution is -0.131. The minimum absolute atomic E-state index is 0.230. The van der Waals surface area contributed by atoms with Crippen LogP contribution in [0.15, 0.2) is 0 Å². The van der Waals surface area contributed by atoms with Crippen LogP contribution < -0.4 is 5.73 Å². The fourth-order valence-corrected chi connectivity index (χ4v) is 2.31. The molecular formula is C12H25N3O. The van der Waals surface area contributed by atoms with Crippen LogP contribution in [0.3, 0.4) is 0 Å². The maximum absolute atomic E-state index is 11.9. The minimum atomic E-state index is 0.230. The van der Waals surface area contributed by atoms with Gasteiger partial charge in [0.05, 0.1) is 6.54 Å². The summed E-state index contributed by atoms with van der Waals surface area (Å²) in [5.41, 5.74) is 5.44. The van der Waals surface area contributed by atoms with E-state index in [0.29, 0.717) is 19.1 Å². The molecular weight excluding hydrogens is 202 g/mol. The Labute approximate surface area is 98.8 Å². The normalized spacial score (nSPS) is 21.3. The Morgan fingerprint density at radius 1 is 1.56 bits per heavy atom. The molecule has 4 heteroatoms. The van der Waals surface area contributed by atoms with E-state index in [0.717, 1.165) is 25.9 Å². The summed E-state index contributed by atoms with van der Waals surface area (Å²) in [5.74, 6) is 0.230. The molecule has 1 fully saturated rings. The molecule has 0 radical (unpaired) electrons. The lowest BCUT2D eigenvalue weighted by Crippen LogP contribution is -2.41. The van der Waals surface area contributed by atoms with Crippen LogP contribution in [-0.4, -0.2) is 55.0 Å². The molecule has 1 heterocycles. The van der Waals surface area contributed by atoms with Crippen molar-refractivity contribution < 1.29 is 4.79 Å². The Kier molecular flexibility index (Phi) is 5.77. The molecule has 1 atom stereocenters. The van der Waals surface area contributed by atoms with Gasteiger partial charge in [0.25, 0.3) is 0 Å². The summed E-state index contributed by atoms with van der Waals surface area (Å²) in [6.07, 6.45) is 4.52. The number of carbonyl (C=O) groups excluding carboxylic acids is 1. The molecule has 2 N–H and O–H groups in total. The van der Waals surface area contributed by atoms with Crippen molar-refractivity contribution in [3.63, 3.8) is 0 Å². The zero-order chi connectivity index (χ0) is 12.0. The van der Waals surface area contributed by atoms with Crippen molar-refractivity contribution in [2.75, 3.05) is 33.2 Å². The molecule has 1 rings (SSSR count). The van der Waals surface area contributed by atoms with Crippen molar-refractivity contribution in [2.45, 2.75) is 38.6 Å². The molecule has 0 bridgehead atoms. The number of nitrogens with two attached hydrogens (primary N) is 1. The number of carbonyl (C=O) groups is 1. The zero-order valence-electron chi connectivity index (χ0n) is 10.6. The Balaban J connectivity index is 2.32. The Hall–Kier alpha value is -0.610. The van der Waals surface area contributed by atoms with Gasteiger partial charge in [-0.15, -0.1) is 0 Å². The quantitative estimate of drug-likeness (QED) is 0.725. The highest BCUT2D eigenvalue weighted by atomic mass is 16.2. The predicted molar refractivity (Wildman–Crippen MR) is 66.2 cm³/mol. The van der Waals surface area contributed by atoms with Crippen LogP contribution in [-0.2, 0) is 4.79 Å². The Bertz CT molecular complexity index is 220. The fourth-order valence-electron chi connectivity index (χ4n) is 2.31. The molecule has 0 saturated carbocycles. The van der Waals surface area contributed by atoms with Crippen molar-refractivity contribution in [3.8, 4) is 0 Å². The number of hydrogen-bond acceptors (Lipinski definition) is 3. The third-order valence-corrected chi connectivity index (χ3v) is 3.43. The highest BCUT2D eigenvalue weighted by molar-refractivity contribution is 5.78. The van der Waals surface area contributed by atoms with Gasteiger partial charge in [0.15, 0.2) is 0 Å². The standard InChI is InChI=1S/C12H25N3O/c1-3-11-6-4-9-15(11)10-12(16)14(2)8-5-7-13/h11H,3-10,13H2,1-2H3. The third kappa shape index (κ3) is 3.76. The molecule has 0 aromatic heterocycles. The monoisotopic (exact) mass is 227 g/mol. The maximum atomic E-state index is 11.9. The fraction of sp³-hybridized carbons (Fsp3) is 0.917. The van der Waals surface area contributed by atoms with Gasteiger partial charge in [0, 0.05) is 19.6 Å². The van der Waals surface area contributed by atoms with E-state index >= 15 is 0 Å². The topological polar surface area (TPSA) is 49.6 Å². The van der Waals surface area contributed by atoms with E-state index in [2.05, 4.69) is 11.8 Å². The van der Waals surface area contributed by atoms with Gasteiger partial charge in [-0.05, 0) is 38.8 Å². The number of amides is 1. The van der Waals surface area contributed by atoms with Gasteiger partial charge in [-0.2, -0.15) is 0 Å². The first-order chi connectivity index (χ1) is 7.69. The summed E-state index contributed by atoms with van der Waals surface area (Å²) in [6.45, 7) is 5.29. The summed E-state index contributed by atoms with van der Waals surface area (Å²) >= 11 is 0. The second-order valence-electron chi connectivity index (χ2n) is 4.63. The number of likely N-dealkylation sites (N-methyl/N-ethyl adjacent to an activating group) is 1. The molecule has 1 aliphatic rings. The predicted octanol–water partition coefficient (Wildman–Crippen LogP) is 0.668. The van der Waals surface area contributed by atoms with Crippen LogP contribution >= 0.6 is 0 Å². The van der Waals surface area contributed by atoms with Crippen LogP contribution in [0.5, 0.6) is 0 Å². The van der Waals surface area contributed by atoms with Crippen LogP contribution in [0, 0.1) is 0 Å². The number of nitrogens with zero attached hydrogens (tertiary/aromatic N) is 2. The highest BCUT2D eigenvalue weighted by Crippen LogP contribution is 2.19. The maximum Gasteiger partial charge on any atom is 0.236 e. The number of likely N-dealkylation sites (tertiary alicyclic amines) is 1. The third-order valence-electron chi connectivity index (χ3n) is 3.43. The van der Waals surface area contributed by atoms with Gasteiger partial charge in [0.2, 0.25) is 5.91 Å². The number of hydrogen-bond donors (Lipinski definition) is 1. The van der Waals surface area contributed by atoms with Crippen molar-refractivity contribution in [2.24, 2.45) is 5.73 Å². The molecule has 1 unspecified atom stereocenters. The van der Waals surface area contributed by atoms with E-state index in [9.17, 15) is 4.79 Å². The second kappa shape index (κ2) is 6.86. The molecule has 0 aliphatic carbocycles. The zero-order valence-corrected chi connectivity index (χ0v) is 10.6. The molecule has 1 saturated heterocycles. The van der Waals surface area contributed by atoms with Crippen LogP contribution in [0.4, 0.5) is 0 Å². The lowest BCUT2D eigenvalue weighted by atomic mass is 10.2. The first-order valence-electron chi connectivity index (χ1n) is 6.37. The summed E-state index contributed by atoms with van der Waals surface area (Å²) in [7, 11) is 1.87. The second-order valence-corrected chi connectivity index (χ2v) is 4.63.